The van der Waals surface area contributed by atoms with Crippen LogP contribution in [0.15, 0.2) is 6.33 Å². The average molecular weight is 435 g/mol. The average Bonchev–Trinajstić information content (AvgIpc) is 3.09. The van der Waals surface area contributed by atoms with Crippen LogP contribution in [-0.4, -0.2) is 49.1 Å². The molecule has 124 valence electrons. The molecule has 0 amide bonds. The van der Waals surface area contributed by atoms with E-state index in [1.807, 2.05) is 22.6 Å². The van der Waals surface area contributed by atoms with Crippen molar-refractivity contribution < 1.29 is 24.4 Å². The Morgan fingerprint density at radius 3 is 2.83 bits per heavy atom. The summed E-state index contributed by atoms with van der Waals surface area (Å²) in [4.78, 5) is 17.1. The van der Waals surface area contributed by atoms with Crippen molar-refractivity contribution in [1.82, 2.24) is 19.5 Å². The molecule has 2 unspecified atom stereocenters. The summed E-state index contributed by atoms with van der Waals surface area (Å²) >= 11 is 1.97. The highest BCUT2D eigenvalue weighted by Gasteiger charge is 2.57. The second-order valence-electron chi connectivity index (χ2n) is 5.77. The quantitative estimate of drug-likeness (QED) is 0.306. The first-order valence-corrected chi connectivity index (χ1v) is 7.94. The topological polar surface area (TPSA) is 127 Å². The minimum absolute atomic E-state index is 0.284. The highest BCUT2D eigenvalue weighted by Crippen LogP contribution is 2.43. The van der Waals surface area contributed by atoms with Crippen molar-refractivity contribution in [3.8, 4) is 0 Å². The van der Waals surface area contributed by atoms with Crippen LogP contribution in [0.2, 0.25) is 0 Å². The van der Waals surface area contributed by atoms with Gasteiger partial charge in [0.2, 0.25) is 6.29 Å². The third kappa shape index (κ3) is 2.38. The number of hydrogen-bond acceptors (Lipinski definition) is 9. The molecule has 10 nitrogen and oxygen atoms in total. The van der Waals surface area contributed by atoms with E-state index in [0.717, 1.165) is 0 Å². The lowest BCUT2D eigenvalue weighted by Gasteiger charge is -2.23. The Balaban J connectivity index is 1.79. The molecule has 2 aromatic heterocycles. The molecule has 2 aromatic rings. The summed E-state index contributed by atoms with van der Waals surface area (Å²) in [6.07, 6.45) is -1.12. The molecule has 2 aliphatic heterocycles. The number of ether oxygens (including phenoxy) is 3. The number of fused-ring (bicyclic) bond motifs is 2. The zero-order valence-corrected chi connectivity index (χ0v) is 14.4. The summed E-state index contributed by atoms with van der Waals surface area (Å²) in [5.41, 5.74) is 6.86. The molecule has 2 aliphatic rings. The van der Waals surface area contributed by atoms with Crippen molar-refractivity contribution in [2.24, 2.45) is 0 Å². The molecule has 0 aliphatic carbocycles. The third-order valence-electron chi connectivity index (χ3n) is 3.79. The minimum Gasteiger partial charge on any atom is -0.382 e. The smallest absolute Gasteiger partial charge is 0.222 e. The van der Waals surface area contributed by atoms with Gasteiger partial charge in [0.25, 0.3) is 0 Å². The van der Waals surface area contributed by atoms with Gasteiger partial charge in [0.1, 0.15) is 17.7 Å². The lowest BCUT2D eigenvalue weighted by Crippen LogP contribution is -2.30. The maximum atomic E-state index is 9.07. The Bertz CT molecular complexity index is 768. The molecule has 3 N–H and O–H groups in total. The SMILES string of the molecule is CC1(C)OC2C(O1)[C@H](n1cnc3c(N)nc(I)nc31)O[C@@H]2OO. The molecule has 4 atom stereocenters. The summed E-state index contributed by atoms with van der Waals surface area (Å²) < 4.78 is 19.5. The predicted octanol–water partition coefficient (Wildman–Crippen LogP) is 0.878. The summed E-state index contributed by atoms with van der Waals surface area (Å²) in [5.74, 6) is -0.529. The van der Waals surface area contributed by atoms with Crippen molar-refractivity contribution in [3.05, 3.63) is 10.2 Å². The molecule has 0 radical (unpaired) electrons. The van der Waals surface area contributed by atoms with E-state index < -0.39 is 30.5 Å². The number of hydrogen-bond donors (Lipinski definition) is 2. The van der Waals surface area contributed by atoms with Crippen molar-refractivity contribution in [1.29, 1.82) is 0 Å². The van der Waals surface area contributed by atoms with E-state index in [-0.39, 0.29) is 5.82 Å². The summed E-state index contributed by atoms with van der Waals surface area (Å²) in [6.45, 7) is 3.57. The van der Waals surface area contributed by atoms with Gasteiger partial charge in [-0.3, -0.25) is 4.57 Å². The van der Waals surface area contributed by atoms with Crippen LogP contribution in [-0.2, 0) is 19.1 Å². The van der Waals surface area contributed by atoms with Crippen molar-refractivity contribution in [3.63, 3.8) is 0 Å². The zero-order chi connectivity index (χ0) is 16.4. The molecular formula is C12H14IN5O5. The fourth-order valence-corrected chi connectivity index (χ4v) is 3.43. The van der Waals surface area contributed by atoms with Crippen LogP contribution in [0.3, 0.4) is 0 Å². The van der Waals surface area contributed by atoms with Crippen molar-refractivity contribution in [2.75, 3.05) is 5.73 Å². The molecule has 2 saturated heterocycles. The Morgan fingerprint density at radius 2 is 2.09 bits per heavy atom. The highest BCUT2D eigenvalue weighted by molar-refractivity contribution is 14.1. The van der Waals surface area contributed by atoms with E-state index in [4.69, 9.17) is 25.2 Å². The van der Waals surface area contributed by atoms with Crippen LogP contribution >= 0.6 is 22.6 Å². The van der Waals surface area contributed by atoms with E-state index in [2.05, 4.69) is 19.8 Å². The van der Waals surface area contributed by atoms with Gasteiger partial charge >= 0.3 is 0 Å². The standard InChI is InChI=1S/C12H14IN5O5/c1-12(2)21-5-6(22-12)10(23-19)20-9(5)18-3-15-4-7(14)16-11(13)17-8(4)18/h3,5-6,9-10,19H,1-2H3,(H2,14,16,17)/t5?,6?,9-,10-/m1/s1. The molecule has 2 fully saturated rings. The fraction of sp³-hybridized carbons (Fsp3) is 0.583. The van der Waals surface area contributed by atoms with Gasteiger partial charge < -0.3 is 19.9 Å². The molecule has 0 aromatic carbocycles. The predicted molar refractivity (Wildman–Crippen MR) is 83.9 cm³/mol. The number of nitrogens with zero attached hydrogens (tertiary/aromatic N) is 4. The van der Waals surface area contributed by atoms with Crippen molar-refractivity contribution >= 4 is 39.6 Å². The van der Waals surface area contributed by atoms with Crippen LogP contribution in [0.4, 0.5) is 5.82 Å². The number of nitrogen functional groups attached to an aromatic ring is 1. The molecule has 0 saturated carbocycles. The Kier molecular flexibility index (Phi) is 3.48. The van der Waals surface area contributed by atoms with Crippen LogP contribution < -0.4 is 5.73 Å². The van der Waals surface area contributed by atoms with Crippen LogP contribution in [0.25, 0.3) is 11.2 Å². The van der Waals surface area contributed by atoms with E-state index >= 15 is 0 Å². The second kappa shape index (κ2) is 5.19. The van der Waals surface area contributed by atoms with Gasteiger partial charge in [-0.1, -0.05) is 0 Å². The summed E-state index contributed by atoms with van der Waals surface area (Å²) in [7, 11) is 0. The normalized spacial score (nSPS) is 32.5. The molecule has 4 rings (SSSR count). The zero-order valence-electron chi connectivity index (χ0n) is 12.2. The van der Waals surface area contributed by atoms with Gasteiger partial charge in [-0.15, -0.1) is 0 Å². The van der Waals surface area contributed by atoms with Crippen LogP contribution in [0.1, 0.15) is 20.1 Å². The first-order valence-electron chi connectivity index (χ1n) is 6.86. The first kappa shape index (κ1) is 15.4. The van der Waals surface area contributed by atoms with E-state index in [1.165, 1.54) is 0 Å². The van der Waals surface area contributed by atoms with E-state index in [9.17, 15) is 0 Å². The van der Waals surface area contributed by atoms with Gasteiger partial charge in [0, 0.05) is 22.6 Å². The largest absolute Gasteiger partial charge is 0.382 e. The number of rotatable bonds is 2. The third-order valence-corrected chi connectivity index (χ3v) is 4.27. The maximum absolute atomic E-state index is 9.07. The van der Waals surface area contributed by atoms with Gasteiger partial charge in [0.15, 0.2) is 27.3 Å². The molecule has 0 spiro atoms. The van der Waals surface area contributed by atoms with Gasteiger partial charge in [-0.25, -0.2) is 25.1 Å². The Hall–Kier alpha value is -1.12. The van der Waals surface area contributed by atoms with Crippen LogP contribution in [0.5, 0.6) is 0 Å². The second-order valence-corrected chi connectivity index (χ2v) is 6.73. The van der Waals surface area contributed by atoms with Gasteiger partial charge in [0.05, 0.1) is 6.33 Å². The summed E-state index contributed by atoms with van der Waals surface area (Å²) in [6, 6.07) is 0. The molecule has 4 heterocycles. The lowest BCUT2D eigenvalue weighted by molar-refractivity contribution is -0.367. The van der Waals surface area contributed by atoms with Gasteiger partial charge in [-0.05, 0) is 13.8 Å². The number of halogens is 1. The Labute approximate surface area is 144 Å². The number of anilines is 1. The Morgan fingerprint density at radius 1 is 1.35 bits per heavy atom. The molecule has 23 heavy (non-hydrogen) atoms. The number of imidazole rings is 1. The van der Waals surface area contributed by atoms with Crippen molar-refractivity contribution in [2.45, 2.75) is 44.4 Å². The maximum Gasteiger partial charge on any atom is 0.222 e. The monoisotopic (exact) mass is 435 g/mol. The fourth-order valence-electron chi connectivity index (χ4n) is 2.95. The molecule has 11 heteroatoms. The van der Waals surface area contributed by atoms with E-state index in [0.29, 0.717) is 15.0 Å². The first-order chi connectivity index (χ1) is 10.9. The van der Waals surface area contributed by atoms with E-state index in [1.54, 1.807) is 24.7 Å². The minimum atomic E-state index is -0.970. The number of nitrogens with two attached hydrogens (primary N) is 1. The highest BCUT2D eigenvalue weighted by atomic mass is 127. The lowest BCUT2D eigenvalue weighted by atomic mass is 10.2. The van der Waals surface area contributed by atoms with Crippen LogP contribution in [0, 0.1) is 3.83 Å². The molecule has 0 bridgehead atoms. The van der Waals surface area contributed by atoms with Gasteiger partial charge in [-0.2, -0.15) is 0 Å². The molecular weight excluding hydrogens is 421 g/mol. The number of aromatic nitrogens is 4. The summed E-state index contributed by atoms with van der Waals surface area (Å²) in [5, 5.41) is 9.07.